The largest absolute Gasteiger partial charge is 0.376 e. The Balaban J connectivity index is 1.44. The summed E-state index contributed by atoms with van der Waals surface area (Å²) in [4.78, 5) is 9.11. The van der Waals surface area contributed by atoms with Crippen LogP contribution in [0.5, 0.6) is 0 Å². The summed E-state index contributed by atoms with van der Waals surface area (Å²) in [5, 5.41) is 3.61. The first-order valence-electron chi connectivity index (χ1n) is 7.46. The maximum absolute atomic E-state index is 5.85. The molecule has 2 unspecified atom stereocenters. The van der Waals surface area contributed by atoms with Gasteiger partial charge in [0.15, 0.2) is 0 Å². The van der Waals surface area contributed by atoms with E-state index in [-0.39, 0.29) is 0 Å². The fraction of sp³-hybridized carbons (Fsp3) is 0.500. The van der Waals surface area contributed by atoms with E-state index in [4.69, 9.17) is 4.74 Å². The lowest BCUT2D eigenvalue weighted by atomic mass is 10.1. The van der Waals surface area contributed by atoms with Crippen LogP contribution in [0.4, 0.5) is 0 Å². The Morgan fingerprint density at radius 1 is 1.15 bits per heavy atom. The molecule has 4 nitrogen and oxygen atoms in total. The van der Waals surface area contributed by atoms with Gasteiger partial charge >= 0.3 is 0 Å². The first kappa shape index (κ1) is 12.2. The normalized spacial score (nSPS) is 26.2. The van der Waals surface area contributed by atoms with Gasteiger partial charge in [-0.25, -0.2) is 4.98 Å². The molecule has 4 heteroatoms. The Labute approximate surface area is 118 Å². The lowest BCUT2D eigenvalue weighted by molar-refractivity contribution is 0.0808. The monoisotopic (exact) mass is 269 g/mol. The summed E-state index contributed by atoms with van der Waals surface area (Å²) >= 11 is 0. The van der Waals surface area contributed by atoms with Crippen LogP contribution in [0.15, 0.2) is 30.5 Å². The van der Waals surface area contributed by atoms with E-state index in [1.54, 1.807) is 0 Å². The second kappa shape index (κ2) is 5.11. The second-order valence-electron chi connectivity index (χ2n) is 5.80. The molecule has 1 aromatic carbocycles. The van der Waals surface area contributed by atoms with E-state index in [0.29, 0.717) is 12.1 Å². The number of ether oxygens (including phenoxy) is 1. The van der Waals surface area contributed by atoms with Crippen molar-refractivity contribution in [1.29, 1.82) is 0 Å². The molecule has 2 aliphatic rings. The van der Waals surface area contributed by atoms with Crippen LogP contribution in [0.2, 0.25) is 0 Å². The molecule has 1 aromatic heterocycles. The molecule has 2 atom stereocenters. The second-order valence-corrected chi connectivity index (χ2v) is 5.80. The smallest absolute Gasteiger partial charge is 0.0890 e. The molecule has 1 aliphatic carbocycles. The van der Waals surface area contributed by atoms with Gasteiger partial charge in [-0.2, -0.15) is 0 Å². The number of nitrogens with zero attached hydrogens (tertiary/aromatic N) is 2. The molecule has 0 radical (unpaired) electrons. The molecule has 20 heavy (non-hydrogen) atoms. The van der Waals surface area contributed by atoms with Gasteiger partial charge in [0.2, 0.25) is 0 Å². The van der Waals surface area contributed by atoms with Crippen molar-refractivity contribution >= 4 is 11.0 Å². The highest BCUT2D eigenvalue weighted by atomic mass is 16.5. The Kier molecular flexibility index (Phi) is 3.13. The van der Waals surface area contributed by atoms with Crippen LogP contribution < -0.4 is 5.32 Å². The van der Waals surface area contributed by atoms with Crippen molar-refractivity contribution in [3.63, 3.8) is 0 Å². The van der Waals surface area contributed by atoms with Gasteiger partial charge < -0.3 is 10.1 Å². The summed E-state index contributed by atoms with van der Waals surface area (Å²) in [5.41, 5.74) is 2.93. The van der Waals surface area contributed by atoms with Gasteiger partial charge in [-0.1, -0.05) is 12.1 Å². The standard InChI is InChI=1S/C16H19N3O/c1-2-4-14-13(3-1)17-9-12(19-14)10-18-15-7-8-20-16(15)11-5-6-11/h1-4,9,11,15-16,18H,5-8,10H2. The highest BCUT2D eigenvalue weighted by Crippen LogP contribution is 2.38. The molecule has 2 heterocycles. The summed E-state index contributed by atoms with van der Waals surface area (Å²) < 4.78 is 5.85. The highest BCUT2D eigenvalue weighted by Gasteiger charge is 2.40. The van der Waals surface area contributed by atoms with Crippen LogP contribution in [-0.2, 0) is 11.3 Å². The van der Waals surface area contributed by atoms with E-state index in [1.807, 2.05) is 30.5 Å². The number of benzene rings is 1. The van der Waals surface area contributed by atoms with E-state index in [1.165, 1.54) is 12.8 Å². The molecule has 1 saturated heterocycles. The lowest BCUT2D eigenvalue weighted by Gasteiger charge is -2.19. The average molecular weight is 269 g/mol. The van der Waals surface area contributed by atoms with Crippen LogP contribution in [0.1, 0.15) is 25.0 Å². The molecule has 4 rings (SSSR count). The molecule has 2 fully saturated rings. The third-order valence-corrected chi connectivity index (χ3v) is 4.27. The van der Waals surface area contributed by atoms with E-state index in [2.05, 4.69) is 15.3 Å². The van der Waals surface area contributed by atoms with Crippen LogP contribution in [-0.4, -0.2) is 28.7 Å². The van der Waals surface area contributed by atoms with Gasteiger partial charge in [-0.05, 0) is 37.3 Å². The summed E-state index contributed by atoms with van der Waals surface area (Å²) in [6.07, 6.45) is 6.07. The molecular weight excluding hydrogens is 250 g/mol. The highest BCUT2D eigenvalue weighted by molar-refractivity contribution is 5.73. The number of fused-ring (bicyclic) bond motifs is 1. The molecule has 0 amide bonds. The van der Waals surface area contributed by atoms with Gasteiger partial charge in [0.1, 0.15) is 0 Å². The van der Waals surface area contributed by atoms with Crippen molar-refractivity contribution in [3.8, 4) is 0 Å². The molecule has 0 spiro atoms. The Bertz CT molecular complexity index is 611. The summed E-state index contributed by atoms with van der Waals surface area (Å²) in [6.45, 7) is 1.66. The van der Waals surface area contributed by atoms with E-state index in [0.717, 1.165) is 42.2 Å². The van der Waals surface area contributed by atoms with Crippen molar-refractivity contribution < 1.29 is 4.74 Å². The molecular formula is C16H19N3O. The van der Waals surface area contributed by atoms with E-state index in [9.17, 15) is 0 Å². The number of hydrogen-bond acceptors (Lipinski definition) is 4. The van der Waals surface area contributed by atoms with Crippen molar-refractivity contribution in [2.24, 2.45) is 5.92 Å². The molecule has 104 valence electrons. The minimum absolute atomic E-state index is 0.420. The maximum atomic E-state index is 5.85. The van der Waals surface area contributed by atoms with Gasteiger partial charge in [0.05, 0.1) is 29.0 Å². The minimum Gasteiger partial charge on any atom is -0.376 e. The van der Waals surface area contributed by atoms with Crippen LogP contribution in [0.25, 0.3) is 11.0 Å². The Hall–Kier alpha value is -1.52. The first-order valence-corrected chi connectivity index (χ1v) is 7.46. The van der Waals surface area contributed by atoms with E-state index < -0.39 is 0 Å². The number of hydrogen-bond donors (Lipinski definition) is 1. The minimum atomic E-state index is 0.420. The molecule has 0 bridgehead atoms. The van der Waals surface area contributed by atoms with Gasteiger partial charge in [-0.3, -0.25) is 4.98 Å². The lowest BCUT2D eigenvalue weighted by Crippen LogP contribution is -2.37. The molecule has 1 aliphatic heterocycles. The quantitative estimate of drug-likeness (QED) is 0.925. The van der Waals surface area contributed by atoms with Crippen molar-refractivity contribution in [2.75, 3.05) is 6.61 Å². The predicted molar refractivity (Wildman–Crippen MR) is 77.2 cm³/mol. The number of rotatable bonds is 4. The van der Waals surface area contributed by atoms with Crippen LogP contribution in [0.3, 0.4) is 0 Å². The summed E-state index contributed by atoms with van der Waals surface area (Å²) in [6, 6.07) is 8.48. The van der Waals surface area contributed by atoms with Gasteiger partial charge in [0.25, 0.3) is 0 Å². The Morgan fingerprint density at radius 2 is 2.00 bits per heavy atom. The first-order chi connectivity index (χ1) is 9.90. The van der Waals surface area contributed by atoms with Gasteiger partial charge in [0, 0.05) is 19.2 Å². The molecule has 1 N–H and O–H groups in total. The number of nitrogens with one attached hydrogen (secondary N) is 1. The zero-order chi connectivity index (χ0) is 13.4. The number of aromatic nitrogens is 2. The SMILES string of the molecule is c1ccc2nc(CNC3CCOC3C3CC3)cnc2c1. The third kappa shape index (κ3) is 2.41. The average Bonchev–Trinajstić information content (AvgIpc) is 3.23. The van der Waals surface area contributed by atoms with E-state index >= 15 is 0 Å². The maximum Gasteiger partial charge on any atom is 0.0890 e. The molecule has 1 saturated carbocycles. The van der Waals surface area contributed by atoms with Crippen molar-refractivity contribution in [1.82, 2.24) is 15.3 Å². The fourth-order valence-electron chi connectivity index (χ4n) is 3.04. The molecule has 2 aromatic rings. The third-order valence-electron chi connectivity index (χ3n) is 4.27. The summed E-state index contributed by atoms with van der Waals surface area (Å²) in [7, 11) is 0. The van der Waals surface area contributed by atoms with Crippen molar-refractivity contribution in [2.45, 2.75) is 38.0 Å². The predicted octanol–water partition coefficient (Wildman–Crippen LogP) is 2.29. The zero-order valence-electron chi connectivity index (χ0n) is 11.5. The topological polar surface area (TPSA) is 47.0 Å². The zero-order valence-corrected chi connectivity index (χ0v) is 11.5. The van der Waals surface area contributed by atoms with Gasteiger partial charge in [-0.15, -0.1) is 0 Å². The fourth-order valence-corrected chi connectivity index (χ4v) is 3.04. The van der Waals surface area contributed by atoms with Crippen molar-refractivity contribution in [3.05, 3.63) is 36.2 Å². The van der Waals surface area contributed by atoms with Crippen LogP contribution >= 0.6 is 0 Å². The number of para-hydroxylation sites is 2. The summed E-state index contributed by atoms with van der Waals surface area (Å²) in [5.74, 6) is 0.790. The Morgan fingerprint density at radius 3 is 2.85 bits per heavy atom. The van der Waals surface area contributed by atoms with Crippen LogP contribution in [0, 0.1) is 5.92 Å².